The molecule has 0 aliphatic carbocycles. The van der Waals surface area contributed by atoms with E-state index in [-0.39, 0.29) is 24.3 Å². The predicted octanol–water partition coefficient (Wildman–Crippen LogP) is 2.94. The number of phenolic OH excluding ortho intramolecular Hbond substituents is 1. The van der Waals surface area contributed by atoms with Crippen molar-refractivity contribution < 1.29 is 24.2 Å². The summed E-state index contributed by atoms with van der Waals surface area (Å²) in [6.07, 6.45) is 3.56. The highest BCUT2D eigenvalue weighted by atomic mass is 16.5. The van der Waals surface area contributed by atoms with Crippen molar-refractivity contribution in [3.8, 4) is 11.5 Å². The molecule has 140 valence electrons. The van der Waals surface area contributed by atoms with E-state index in [1.807, 2.05) is 31.2 Å². The number of rotatable bonds is 5. The maximum absolute atomic E-state index is 12.5. The van der Waals surface area contributed by atoms with E-state index in [0.29, 0.717) is 11.3 Å². The molecule has 2 aromatic carbocycles. The highest BCUT2D eigenvalue weighted by Gasteiger charge is 2.30. The maximum atomic E-state index is 12.5. The molecule has 1 aliphatic rings. The number of esters is 1. The van der Waals surface area contributed by atoms with E-state index in [1.54, 1.807) is 17.0 Å². The number of fused-ring (bicyclic) bond motifs is 1. The number of methoxy groups -OCH3 is 1. The van der Waals surface area contributed by atoms with Gasteiger partial charge in [-0.05, 0) is 48.7 Å². The quantitative estimate of drug-likeness (QED) is 0.650. The molecule has 1 heterocycles. The molecule has 0 unspecified atom stereocenters. The number of carbonyl (C=O) groups excluding carboxylic acids is 2. The van der Waals surface area contributed by atoms with Gasteiger partial charge in [0.25, 0.3) is 5.91 Å². The van der Waals surface area contributed by atoms with Crippen molar-refractivity contribution in [1.29, 1.82) is 0 Å². The van der Waals surface area contributed by atoms with E-state index in [1.165, 1.54) is 25.3 Å². The first-order valence-corrected chi connectivity index (χ1v) is 8.61. The van der Waals surface area contributed by atoms with Crippen LogP contribution < -0.4 is 9.64 Å². The highest BCUT2D eigenvalue weighted by Crippen LogP contribution is 2.31. The molecular formula is C21H21NO5. The molecule has 2 aromatic rings. The van der Waals surface area contributed by atoms with Gasteiger partial charge >= 0.3 is 5.97 Å². The molecule has 0 fully saturated rings. The lowest BCUT2D eigenvalue weighted by Crippen LogP contribution is -2.38. The fourth-order valence-electron chi connectivity index (χ4n) is 3.16. The summed E-state index contributed by atoms with van der Waals surface area (Å²) in [5.41, 5.74) is 2.65. The van der Waals surface area contributed by atoms with Gasteiger partial charge in [-0.3, -0.25) is 4.79 Å². The van der Waals surface area contributed by atoms with E-state index >= 15 is 0 Å². The summed E-state index contributed by atoms with van der Waals surface area (Å²) in [5.74, 6) is -0.541. The number of amides is 1. The van der Waals surface area contributed by atoms with E-state index in [4.69, 9.17) is 9.47 Å². The van der Waals surface area contributed by atoms with Crippen molar-refractivity contribution in [2.45, 2.75) is 19.4 Å². The Balaban J connectivity index is 1.58. The fraction of sp³-hybridized carbons (Fsp3) is 0.238. The zero-order valence-electron chi connectivity index (χ0n) is 15.2. The van der Waals surface area contributed by atoms with Crippen LogP contribution in [0.3, 0.4) is 0 Å². The van der Waals surface area contributed by atoms with Crippen LogP contribution in [0.25, 0.3) is 6.08 Å². The summed E-state index contributed by atoms with van der Waals surface area (Å²) >= 11 is 0. The molecular weight excluding hydrogens is 346 g/mol. The lowest BCUT2D eigenvalue weighted by Gasteiger charge is -2.22. The van der Waals surface area contributed by atoms with Gasteiger partial charge in [-0.1, -0.05) is 24.3 Å². The van der Waals surface area contributed by atoms with Crippen molar-refractivity contribution in [3.63, 3.8) is 0 Å². The van der Waals surface area contributed by atoms with Crippen molar-refractivity contribution in [3.05, 3.63) is 59.7 Å². The van der Waals surface area contributed by atoms with Crippen LogP contribution >= 0.6 is 0 Å². The molecule has 27 heavy (non-hydrogen) atoms. The summed E-state index contributed by atoms with van der Waals surface area (Å²) in [5, 5.41) is 9.57. The number of carbonyl (C=O) groups is 2. The Hall–Kier alpha value is -3.28. The van der Waals surface area contributed by atoms with Gasteiger partial charge in [0.2, 0.25) is 0 Å². The van der Waals surface area contributed by atoms with Gasteiger partial charge in [0.05, 0.1) is 7.11 Å². The van der Waals surface area contributed by atoms with Crippen molar-refractivity contribution in [2.24, 2.45) is 0 Å². The number of ether oxygens (including phenoxy) is 2. The number of benzene rings is 2. The van der Waals surface area contributed by atoms with Gasteiger partial charge in [0, 0.05) is 17.8 Å². The first kappa shape index (κ1) is 18.5. The lowest BCUT2D eigenvalue weighted by atomic mass is 10.1. The third-order valence-corrected chi connectivity index (χ3v) is 4.43. The van der Waals surface area contributed by atoms with Gasteiger partial charge in [-0.15, -0.1) is 0 Å². The number of aromatic hydroxyl groups is 1. The molecule has 0 saturated heterocycles. The Morgan fingerprint density at radius 2 is 2.04 bits per heavy atom. The summed E-state index contributed by atoms with van der Waals surface area (Å²) in [6, 6.07) is 12.5. The lowest BCUT2D eigenvalue weighted by molar-refractivity contribution is -0.143. The molecule has 1 atom stereocenters. The minimum atomic E-state index is -0.615. The Morgan fingerprint density at radius 3 is 2.81 bits per heavy atom. The van der Waals surface area contributed by atoms with Crippen LogP contribution in [0.4, 0.5) is 5.69 Å². The van der Waals surface area contributed by atoms with Crippen LogP contribution in [-0.4, -0.2) is 36.7 Å². The third kappa shape index (κ3) is 4.11. The first-order chi connectivity index (χ1) is 13.0. The second-order valence-corrected chi connectivity index (χ2v) is 6.32. The molecule has 1 aliphatic heterocycles. The van der Waals surface area contributed by atoms with Crippen LogP contribution in [0.2, 0.25) is 0 Å². The average molecular weight is 367 g/mol. The Morgan fingerprint density at radius 1 is 1.26 bits per heavy atom. The van der Waals surface area contributed by atoms with Crippen LogP contribution in [0.5, 0.6) is 11.5 Å². The molecule has 1 amide bonds. The number of hydrogen-bond donors (Lipinski definition) is 1. The maximum Gasteiger partial charge on any atom is 0.331 e. The van der Waals surface area contributed by atoms with E-state index in [9.17, 15) is 14.7 Å². The predicted molar refractivity (Wildman–Crippen MR) is 102 cm³/mol. The molecule has 0 spiro atoms. The fourth-order valence-corrected chi connectivity index (χ4v) is 3.16. The third-order valence-electron chi connectivity index (χ3n) is 4.43. The van der Waals surface area contributed by atoms with Gasteiger partial charge in [0.1, 0.15) is 0 Å². The average Bonchev–Trinajstić information content (AvgIpc) is 3.01. The molecule has 6 heteroatoms. The van der Waals surface area contributed by atoms with E-state index in [2.05, 4.69) is 0 Å². The van der Waals surface area contributed by atoms with Crippen molar-refractivity contribution >= 4 is 23.6 Å². The van der Waals surface area contributed by atoms with Crippen LogP contribution in [0, 0.1) is 0 Å². The molecule has 1 N–H and O–H groups in total. The minimum absolute atomic E-state index is 0.0165. The molecule has 0 bridgehead atoms. The topological polar surface area (TPSA) is 76.1 Å². The molecule has 6 nitrogen and oxygen atoms in total. The Labute approximate surface area is 157 Å². The van der Waals surface area contributed by atoms with Gasteiger partial charge in [0.15, 0.2) is 18.1 Å². The molecule has 0 radical (unpaired) electrons. The number of nitrogens with zero attached hydrogens (tertiary/aromatic N) is 1. The van der Waals surface area contributed by atoms with Gasteiger partial charge < -0.3 is 19.5 Å². The molecule has 0 saturated carbocycles. The number of hydrogen-bond acceptors (Lipinski definition) is 5. The van der Waals surface area contributed by atoms with Crippen LogP contribution in [0.1, 0.15) is 18.1 Å². The SMILES string of the molecule is COc1cc(/C=C/C(=O)OCC(=O)N2c3ccccc3C[C@H]2C)ccc1O. The Bertz CT molecular complexity index is 890. The molecule has 3 rings (SSSR count). The summed E-state index contributed by atoms with van der Waals surface area (Å²) in [7, 11) is 1.44. The van der Waals surface area contributed by atoms with Crippen LogP contribution in [0.15, 0.2) is 48.5 Å². The zero-order valence-corrected chi connectivity index (χ0v) is 15.2. The summed E-state index contributed by atoms with van der Waals surface area (Å²) < 4.78 is 10.1. The number of anilines is 1. The number of para-hydroxylation sites is 1. The minimum Gasteiger partial charge on any atom is -0.504 e. The van der Waals surface area contributed by atoms with Crippen LogP contribution in [-0.2, 0) is 20.7 Å². The highest BCUT2D eigenvalue weighted by molar-refractivity contribution is 5.98. The summed E-state index contributed by atoms with van der Waals surface area (Å²) in [4.78, 5) is 26.1. The molecule has 0 aromatic heterocycles. The smallest absolute Gasteiger partial charge is 0.331 e. The second-order valence-electron chi connectivity index (χ2n) is 6.32. The van der Waals surface area contributed by atoms with Crippen molar-refractivity contribution in [1.82, 2.24) is 0 Å². The Kier molecular flexibility index (Phi) is 5.45. The second kappa shape index (κ2) is 7.95. The first-order valence-electron chi connectivity index (χ1n) is 8.61. The van der Waals surface area contributed by atoms with E-state index in [0.717, 1.165) is 17.7 Å². The normalized spacial score (nSPS) is 15.6. The van der Waals surface area contributed by atoms with E-state index < -0.39 is 5.97 Å². The van der Waals surface area contributed by atoms with Crippen molar-refractivity contribution in [2.75, 3.05) is 18.6 Å². The van der Waals surface area contributed by atoms with Gasteiger partial charge in [-0.25, -0.2) is 4.79 Å². The standard InChI is InChI=1S/C21H21NO5/c1-14-11-16-5-3-4-6-17(16)22(14)20(24)13-27-21(25)10-8-15-7-9-18(23)19(12-15)26-2/h3-10,12,14,23H,11,13H2,1-2H3/b10-8+/t14-/m1/s1. The zero-order chi connectivity index (χ0) is 19.4. The summed E-state index contributed by atoms with van der Waals surface area (Å²) in [6.45, 7) is 1.65. The monoisotopic (exact) mass is 367 g/mol. The van der Waals surface area contributed by atoms with Gasteiger partial charge in [-0.2, -0.15) is 0 Å². The number of phenols is 1. The largest absolute Gasteiger partial charge is 0.504 e.